The predicted molar refractivity (Wildman–Crippen MR) is 122 cm³/mol. The Morgan fingerprint density at radius 1 is 1.29 bits per heavy atom. The Balaban J connectivity index is 1.74. The summed E-state index contributed by atoms with van der Waals surface area (Å²) in [5.41, 5.74) is 4.70. The van der Waals surface area contributed by atoms with Crippen LogP contribution in [0.1, 0.15) is 49.1 Å². The Morgan fingerprint density at radius 2 is 2.06 bits per heavy atom. The van der Waals surface area contributed by atoms with Crippen molar-refractivity contribution in [3.8, 4) is 5.75 Å². The van der Waals surface area contributed by atoms with Gasteiger partial charge in [0.05, 0.1) is 12.3 Å². The molecular formula is C25H25ClFNO3. The molecular weight excluding hydrogens is 417 g/mol. The average molecular weight is 442 g/mol. The number of carbonyl (C=O) groups is 1. The summed E-state index contributed by atoms with van der Waals surface area (Å²) in [5.74, 6) is 0.763. The van der Waals surface area contributed by atoms with Crippen LogP contribution in [0.3, 0.4) is 0 Å². The third kappa shape index (κ3) is 4.19. The Morgan fingerprint density at radius 3 is 2.81 bits per heavy atom. The third-order valence-electron chi connectivity index (χ3n) is 5.68. The standard InChI is InChI=1S/C25H25ClFNO3/c1-4-30-24-15(3)25-19(17-7-5-6-8-22(17)31-25)13-18(24)14(2)11-23(29)28-21-10-9-16(26)12-20(21)27/h9-13H,4-8H2,1-3H3,(H,28,29)/b14-11+. The normalized spacial score (nSPS) is 13.9. The number of ether oxygens (including phenoxy) is 1. The second-order valence-corrected chi connectivity index (χ2v) is 8.28. The van der Waals surface area contributed by atoms with Crippen molar-refractivity contribution in [3.63, 3.8) is 0 Å². The van der Waals surface area contributed by atoms with Gasteiger partial charge in [0, 0.05) is 39.6 Å². The van der Waals surface area contributed by atoms with Gasteiger partial charge in [-0.2, -0.15) is 0 Å². The van der Waals surface area contributed by atoms with E-state index in [1.807, 2.05) is 20.8 Å². The van der Waals surface area contributed by atoms with Gasteiger partial charge in [-0.15, -0.1) is 0 Å². The van der Waals surface area contributed by atoms with Gasteiger partial charge < -0.3 is 14.5 Å². The van der Waals surface area contributed by atoms with Crippen LogP contribution in [0.4, 0.5) is 10.1 Å². The highest BCUT2D eigenvalue weighted by molar-refractivity contribution is 6.30. The second-order valence-electron chi connectivity index (χ2n) is 7.84. The molecule has 1 aliphatic carbocycles. The van der Waals surface area contributed by atoms with Crippen molar-refractivity contribution in [2.45, 2.75) is 46.5 Å². The fraction of sp³-hybridized carbons (Fsp3) is 0.320. The number of aryl methyl sites for hydroxylation is 3. The Labute approximate surface area is 186 Å². The maximum Gasteiger partial charge on any atom is 0.248 e. The zero-order chi connectivity index (χ0) is 22.1. The Kier molecular flexibility index (Phi) is 6.05. The minimum absolute atomic E-state index is 0.0824. The van der Waals surface area contributed by atoms with Crippen LogP contribution in [0.15, 0.2) is 34.8 Å². The van der Waals surface area contributed by atoms with Crippen LogP contribution in [0, 0.1) is 12.7 Å². The molecule has 1 N–H and O–H groups in total. The van der Waals surface area contributed by atoms with Gasteiger partial charge in [0.15, 0.2) is 0 Å². The van der Waals surface area contributed by atoms with E-state index in [0.29, 0.717) is 12.4 Å². The lowest BCUT2D eigenvalue weighted by molar-refractivity contribution is -0.111. The number of nitrogens with one attached hydrogen (secondary N) is 1. The van der Waals surface area contributed by atoms with Crippen LogP contribution in [-0.4, -0.2) is 12.5 Å². The zero-order valence-corrected chi connectivity index (χ0v) is 18.7. The van der Waals surface area contributed by atoms with E-state index in [1.165, 1.54) is 29.8 Å². The summed E-state index contributed by atoms with van der Waals surface area (Å²) in [5, 5.41) is 3.94. The predicted octanol–water partition coefficient (Wildman–Crippen LogP) is 6.85. The van der Waals surface area contributed by atoms with Crippen LogP contribution in [-0.2, 0) is 17.6 Å². The van der Waals surface area contributed by atoms with Gasteiger partial charge in [0.25, 0.3) is 0 Å². The molecule has 0 fully saturated rings. The highest BCUT2D eigenvalue weighted by Gasteiger charge is 2.23. The first-order valence-corrected chi connectivity index (χ1v) is 10.9. The summed E-state index contributed by atoms with van der Waals surface area (Å²) in [6, 6.07) is 6.20. The van der Waals surface area contributed by atoms with Gasteiger partial charge >= 0.3 is 0 Å². The first-order chi connectivity index (χ1) is 14.9. The number of rotatable bonds is 5. The minimum Gasteiger partial charge on any atom is -0.493 e. The van der Waals surface area contributed by atoms with Gasteiger partial charge in [-0.25, -0.2) is 4.39 Å². The fourth-order valence-corrected chi connectivity index (χ4v) is 4.35. The largest absolute Gasteiger partial charge is 0.493 e. The highest BCUT2D eigenvalue weighted by Crippen LogP contribution is 2.41. The van der Waals surface area contributed by atoms with E-state index in [2.05, 4.69) is 11.4 Å². The van der Waals surface area contributed by atoms with Gasteiger partial charge in [-0.05, 0) is 69.9 Å². The molecule has 1 heterocycles. The quantitative estimate of drug-likeness (QED) is 0.440. The van der Waals surface area contributed by atoms with E-state index in [9.17, 15) is 9.18 Å². The second kappa shape index (κ2) is 8.75. The van der Waals surface area contributed by atoms with Crippen LogP contribution in [0.2, 0.25) is 5.02 Å². The van der Waals surface area contributed by atoms with Gasteiger partial charge in [0.1, 0.15) is 22.9 Å². The van der Waals surface area contributed by atoms with E-state index < -0.39 is 11.7 Å². The summed E-state index contributed by atoms with van der Waals surface area (Å²) in [6.07, 6.45) is 5.69. The van der Waals surface area contributed by atoms with Gasteiger partial charge in [-0.1, -0.05) is 11.6 Å². The molecule has 0 spiro atoms. The van der Waals surface area contributed by atoms with Crippen molar-refractivity contribution < 1.29 is 18.3 Å². The van der Waals surface area contributed by atoms with Crippen molar-refractivity contribution in [1.82, 2.24) is 0 Å². The van der Waals surface area contributed by atoms with Crippen molar-refractivity contribution in [2.24, 2.45) is 0 Å². The molecule has 162 valence electrons. The van der Waals surface area contributed by atoms with E-state index in [4.69, 9.17) is 20.8 Å². The number of hydrogen-bond acceptors (Lipinski definition) is 3. The van der Waals surface area contributed by atoms with Crippen LogP contribution >= 0.6 is 11.6 Å². The maximum atomic E-state index is 14.0. The van der Waals surface area contributed by atoms with Crippen LogP contribution < -0.4 is 10.1 Å². The number of halogens is 2. The van der Waals surface area contributed by atoms with Crippen molar-refractivity contribution in [3.05, 3.63) is 63.6 Å². The molecule has 0 saturated carbocycles. The first-order valence-electron chi connectivity index (χ1n) is 10.5. The zero-order valence-electron chi connectivity index (χ0n) is 17.9. The topological polar surface area (TPSA) is 51.5 Å². The Hall–Kier alpha value is -2.79. The maximum absolute atomic E-state index is 14.0. The van der Waals surface area contributed by atoms with E-state index >= 15 is 0 Å². The smallest absolute Gasteiger partial charge is 0.248 e. The molecule has 1 amide bonds. The van der Waals surface area contributed by atoms with Gasteiger partial charge in [0.2, 0.25) is 5.91 Å². The highest BCUT2D eigenvalue weighted by atomic mass is 35.5. The van der Waals surface area contributed by atoms with E-state index in [-0.39, 0.29) is 10.7 Å². The number of allylic oxidation sites excluding steroid dienone is 1. The molecule has 6 heteroatoms. The monoisotopic (exact) mass is 441 g/mol. The summed E-state index contributed by atoms with van der Waals surface area (Å²) >= 11 is 5.78. The fourth-order valence-electron chi connectivity index (χ4n) is 4.19. The number of furan rings is 1. The molecule has 0 bridgehead atoms. The van der Waals surface area contributed by atoms with Crippen molar-refractivity contribution >= 4 is 39.7 Å². The molecule has 31 heavy (non-hydrogen) atoms. The lowest BCUT2D eigenvalue weighted by Crippen LogP contribution is -2.10. The SMILES string of the molecule is CCOc1c(/C(C)=C/C(=O)Nc2ccc(Cl)cc2F)cc2c3c(oc2c1C)CCCC3. The molecule has 0 saturated heterocycles. The molecule has 0 radical (unpaired) electrons. The summed E-state index contributed by atoms with van der Waals surface area (Å²) < 4.78 is 26.2. The first kappa shape index (κ1) is 21.4. The van der Waals surface area contributed by atoms with Crippen molar-refractivity contribution in [1.29, 1.82) is 0 Å². The molecule has 4 rings (SSSR count). The number of benzene rings is 2. The number of fused-ring (bicyclic) bond motifs is 3. The molecule has 2 aromatic carbocycles. The molecule has 0 atom stereocenters. The molecule has 0 unspecified atom stereocenters. The minimum atomic E-state index is -0.579. The van der Waals surface area contributed by atoms with E-state index in [0.717, 1.165) is 59.1 Å². The molecule has 1 aliphatic rings. The number of amides is 1. The number of carbonyl (C=O) groups excluding carboxylic acids is 1. The average Bonchev–Trinajstić information content (AvgIpc) is 3.11. The Bertz CT molecular complexity index is 1200. The molecule has 0 aliphatic heterocycles. The molecule has 3 aromatic rings. The lowest BCUT2D eigenvalue weighted by Gasteiger charge is -2.15. The van der Waals surface area contributed by atoms with Crippen LogP contribution in [0.25, 0.3) is 16.5 Å². The van der Waals surface area contributed by atoms with Crippen LogP contribution in [0.5, 0.6) is 5.75 Å². The van der Waals surface area contributed by atoms with E-state index in [1.54, 1.807) is 0 Å². The molecule has 1 aromatic heterocycles. The summed E-state index contributed by atoms with van der Waals surface area (Å²) in [6.45, 7) is 6.26. The third-order valence-corrected chi connectivity index (χ3v) is 5.91. The number of hydrogen-bond donors (Lipinski definition) is 1. The lowest BCUT2D eigenvalue weighted by atomic mass is 9.93. The molecule has 4 nitrogen and oxygen atoms in total. The summed E-state index contributed by atoms with van der Waals surface area (Å²) in [7, 11) is 0. The number of anilines is 1. The summed E-state index contributed by atoms with van der Waals surface area (Å²) in [4.78, 5) is 12.6. The van der Waals surface area contributed by atoms with Gasteiger partial charge in [-0.3, -0.25) is 4.79 Å². The van der Waals surface area contributed by atoms with Crippen molar-refractivity contribution in [2.75, 3.05) is 11.9 Å².